The van der Waals surface area contributed by atoms with Gasteiger partial charge in [0.05, 0.1) is 11.7 Å². The molecule has 1 unspecified atom stereocenters. The van der Waals surface area contributed by atoms with Gasteiger partial charge >= 0.3 is 29.6 Å². The van der Waals surface area contributed by atoms with Crippen molar-refractivity contribution in [2.24, 2.45) is 5.16 Å². The summed E-state index contributed by atoms with van der Waals surface area (Å²) >= 11 is 2.43. The van der Waals surface area contributed by atoms with Crippen LogP contribution in [0.1, 0.15) is 5.69 Å². The maximum absolute atomic E-state index is 12.6. The Hall–Kier alpha value is -1.86. The number of fused-ring (bicyclic) bond motifs is 1. The standard InChI is InChI=1S/C15H15N5O5S2.Na/c1-3-6-4-26-13-9(12(22)20(13)10(6)14(23)24)18-11(21)8(19-25-2)7-5-27-15(16)17-7;/h3,5,9,13H,1,4H2,2H3,(H2,16,17)(H,18,21)(H,23,24);/q;+1/p-1/t9?,13-;/m1./s1. The molecule has 3 heterocycles. The number of nitrogen functional groups attached to an aromatic ring is 1. The summed E-state index contributed by atoms with van der Waals surface area (Å²) in [6.07, 6.45) is 1.38. The van der Waals surface area contributed by atoms with E-state index in [2.05, 4.69) is 26.9 Å². The molecular formula is C15H14N5NaO5S2. The number of nitrogens with one attached hydrogen (secondary N) is 1. The van der Waals surface area contributed by atoms with Gasteiger partial charge in [0.1, 0.15) is 24.2 Å². The summed E-state index contributed by atoms with van der Waals surface area (Å²) in [5, 5.41) is 18.8. The normalized spacial score (nSPS) is 21.2. The van der Waals surface area contributed by atoms with Gasteiger partial charge in [-0.25, -0.2) is 4.98 Å². The van der Waals surface area contributed by atoms with Crippen LogP contribution in [0.2, 0.25) is 0 Å². The van der Waals surface area contributed by atoms with Crippen LogP contribution >= 0.6 is 23.1 Å². The molecule has 1 fully saturated rings. The first-order valence-corrected chi connectivity index (χ1v) is 9.46. The number of nitrogens with zero attached hydrogens (tertiary/aromatic N) is 3. The third-order valence-corrected chi connectivity index (χ3v) is 5.86. The zero-order chi connectivity index (χ0) is 19.7. The van der Waals surface area contributed by atoms with Gasteiger partial charge in [-0.05, 0) is 5.57 Å². The van der Waals surface area contributed by atoms with E-state index in [1.165, 1.54) is 30.3 Å². The maximum atomic E-state index is 12.6. The second-order valence-corrected chi connectivity index (χ2v) is 7.41. The number of carbonyl (C=O) groups is 3. The van der Waals surface area contributed by atoms with Crippen molar-refractivity contribution in [2.45, 2.75) is 11.4 Å². The molecule has 1 aromatic heterocycles. The fourth-order valence-electron chi connectivity index (χ4n) is 2.69. The Balaban J connectivity index is 0.00000280. The van der Waals surface area contributed by atoms with Crippen molar-refractivity contribution in [3.8, 4) is 0 Å². The Morgan fingerprint density at radius 1 is 1.57 bits per heavy atom. The Morgan fingerprint density at radius 3 is 2.82 bits per heavy atom. The van der Waals surface area contributed by atoms with Crippen LogP contribution in [0, 0.1) is 0 Å². The summed E-state index contributed by atoms with van der Waals surface area (Å²) in [5.74, 6) is -2.38. The topological polar surface area (TPSA) is 150 Å². The number of aromatic nitrogens is 1. The molecule has 0 saturated carbocycles. The van der Waals surface area contributed by atoms with Crippen molar-refractivity contribution in [3.63, 3.8) is 0 Å². The third kappa shape index (κ3) is 3.96. The SMILES string of the molecule is C=CC1=C(C(=O)[O-])N2C(=O)C(NC(=O)C(=NOC)c3csc(N)n3)[C@H]2SC1.[Na+]. The van der Waals surface area contributed by atoms with Crippen molar-refractivity contribution >= 4 is 51.7 Å². The molecule has 0 spiro atoms. The van der Waals surface area contributed by atoms with Crippen LogP contribution in [-0.2, 0) is 19.2 Å². The predicted octanol–water partition coefficient (Wildman–Crippen LogP) is -4.33. The molecule has 2 atom stereocenters. The van der Waals surface area contributed by atoms with E-state index in [0.29, 0.717) is 11.3 Å². The fraction of sp³-hybridized carbons (Fsp3) is 0.267. The smallest absolute Gasteiger partial charge is 0.543 e. The number of amides is 2. The van der Waals surface area contributed by atoms with E-state index in [9.17, 15) is 19.5 Å². The van der Waals surface area contributed by atoms with Gasteiger partial charge in [0.2, 0.25) is 0 Å². The third-order valence-electron chi connectivity index (χ3n) is 3.89. The van der Waals surface area contributed by atoms with Gasteiger partial charge in [-0.2, -0.15) is 0 Å². The minimum Gasteiger partial charge on any atom is -0.543 e. The number of thiazole rings is 1. The number of allylic oxidation sites excluding steroid dienone is 1. The first-order chi connectivity index (χ1) is 12.9. The minimum atomic E-state index is -1.46. The number of thioether (sulfide) groups is 1. The number of hydrogen-bond donors (Lipinski definition) is 2. The van der Waals surface area contributed by atoms with Crippen molar-refractivity contribution in [1.29, 1.82) is 0 Å². The molecule has 0 aliphatic carbocycles. The summed E-state index contributed by atoms with van der Waals surface area (Å²) in [5.41, 5.74) is 5.82. The van der Waals surface area contributed by atoms with Crippen molar-refractivity contribution in [1.82, 2.24) is 15.2 Å². The number of β-lactam (4-membered cyclic amide) rings is 1. The van der Waals surface area contributed by atoms with E-state index in [0.717, 1.165) is 16.2 Å². The molecule has 3 N–H and O–H groups in total. The first-order valence-electron chi connectivity index (χ1n) is 7.54. The number of aliphatic carboxylic acids is 1. The number of carboxylic acids is 1. The van der Waals surface area contributed by atoms with Crippen molar-refractivity contribution < 1.29 is 53.9 Å². The number of hydrogen-bond acceptors (Lipinski definition) is 10. The second-order valence-electron chi connectivity index (χ2n) is 5.42. The monoisotopic (exact) mass is 431 g/mol. The van der Waals surface area contributed by atoms with Gasteiger partial charge in [-0.3, -0.25) is 14.5 Å². The van der Waals surface area contributed by atoms with Crippen LogP contribution in [-0.4, -0.2) is 57.7 Å². The number of carbonyl (C=O) groups excluding carboxylic acids is 3. The van der Waals surface area contributed by atoms with Gasteiger partial charge < -0.3 is 25.8 Å². The molecule has 13 heteroatoms. The quantitative estimate of drug-likeness (QED) is 0.199. The number of carboxylic acid groups (broad SMARTS) is 1. The second kappa shape index (κ2) is 9.09. The van der Waals surface area contributed by atoms with E-state index in [4.69, 9.17) is 5.73 Å². The van der Waals surface area contributed by atoms with Crippen LogP contribution in [0.3, 0.4) is 0 Å². The molecule has 0 radical (unpaired) electrons. The molecule has 2 aliphatic heterocycles. The zero-order valence-electron chi connectivity index (χ0n) is 15.0. The summed E-state index contributed by atoms with van der Waals surface area (Å²) in [6, 6.07) is -0.916. The van der Waals surface area contributed by atoms with Gasteiger partial charge in [-0.1, -0.05) is 17.8 Å². The van der Waals surface area contributed by atoms with E-state index in [1.54, 1.807) is 0 Å². The van der Waals surface area contributed by atoms with Gasteiger partial charge in [-0.15, -0.1) is 23.1 Å². The van der Waals surface area contributed by atoms with Crippen LogP contribution in [0.4, 0.5) is 5.13 Å². The maximum Gasteiger partial charge on any atom is 1.00 e. The van der Waals surface area contributed by atoms with Crippen LogP contribution in [0.15, 0.2) is 34.5 Å². The molecule has 2 aliphatic rings. The molecule has 28 heavy (non-hydrogen) atoms. The molecular weight excluding hydrogens is 417 g/mol. The summed E-state index contributed by atoms with van der Waals surface area (Å²) < 4.78 is 0. The number of oxime groups is 1. The van der Waals surface area contributed by atoms with E-state index in [-0.39, 0.29) is 51.8 Å². The van der Waals surface area contributed by atoms with E-state index in [1.807, 2.05) is 0 Å². The molecule has 2 amide bonds. The van der Waals surface area contributed by atoms with E-state index < -0.39 is 29.2 Å². The minimum absolute atomic E-state index is 0. The van der Waals surface area contributed by atoms with Crippen molar-refractivity contribution in [2.75, 3.05) is 18.6 Å². The van der Waals surface area contributed by atoms with Gasteiger partial charge in [0.25, 0.3) is 11.8 Å². The Kier molecular flexibility index (Phi) is 7.28. The van der Waals surface area contributed by atoms with Crippen LogP contribution < -0.4 is 45.7 Å². The summed E-state index contributed by atoms with van der Waals surface area (Å²) in [4.78, 5) is 46.2. The summed E-state index contributed by atoms with van der Waals surface area (Å²) in [7, 11) is 1.27. The first kappa shape index (κ1) is 22.4. The molecule has 0 aromatic carbocycles. The Morgan fingerprint density at radius 2 is 2.29 bits per heavy atom. The Bertz CT molecular complexity index is 899. The molecule has 1 saturated heterocycles. The zero-order valence-corrected chi connectivity index (χ0v) is 18.6. The predicted molar refractivity (Wildman–Crippen MR) is 97.3 cm³/mol. The fourth-order valence-corrected chi connectivity index (χ4v) is 4.58. The van der Waals surface area contributed by atoms with Crippen molar-refractivity contribution in [3.05, 3.63) is 35.0 Å². The number of nitrogens with two attached hydrogens (primary N) is 1. The molecule has 0 bridgehead atoms. The number of rotatable bonds is 6. The number of anilines is 1. The molecule has 3 rings (SSSR count). The van der Waals surface area contributed by atoms with Crippen LogP contribution in [0.5, 0.6) is 0 Å². The average molecular weight is 431 g/mol. The van der Waals surface area contributed by atoms with Gasteiger partial charge in [0, 0.05) is 11.1 Å². The largest absolute Gasteiger partial charge is 1.00 e. The van der Waals surface area contributed by atoms with Gasteiger partial charge in [0.15, 0.2) is 10.8 Å². The molecule has 1 aromatic rings. The van der Waals surface area contributed by atoms with Crippen LogP contribution in [0.25, 0.3) is 0 Å². The Labute approximate surface area is 190 Å². The summed E-state index contributed by atoms with van der Waals surface area (Å²) in [6.45, 7) is 3.56. The van der Waals surface area contributed by atoms with E-state index >= 15 is 0 Å². The average Bonchev–Trinajstić information content (AvgIpc) is 3.08. The molecule has 142 valence electrons. The molecule has 10 nitrogen and oxygen atoms in total.